The summed E-state index contributed by atoms with van der Waals surface area (Å²) in [6, 6.07) is 10.1. The number of hydrogen-bond acceptors (Lipinski definition) is 3. The van der Waals surface area contributed by atoms with E-state index in [2.05, 4.69) is 20.6 Å². The highest BCUT2D eigenvalue weighted by molar-refractivity contribution is 5.79. The average molecular weight is 302 g/mol. The summed E-state index contributed by atoms with van der Waals surface area (Å²) < 4.78 is 17.9. The Labute approximate surface area is 129 Å². The fraction of sp³-hybridized carbons (Fsp3) is 0.250. The first-order valence-electron chi connectivity index (χ1n) is 6.89. The molecule has 0 bridgehead atoms. The molecule has 0 aliphatic rings. The molecule has 0 aliphatic heterocycles. The summed E-state index contributed by atoms with van der Waals surface area (Å²) in [4.78, 5) is 8.29. The minimum absolute atomic E-state index is 0.238. The van der Waals surface area contributed by atoms with E-state index in [-0.39, 0.29) is 5.82 Å². The second kappa shape index (κ2) is 7.97. The van der Waals surface area contributed by atoms with Gasteiger partial charge in [0.05, 0.1) is 7.11 Å². The Balaban J connectivity index is 1.82. The van der Waals surface area contributed by atoms with Crippen LogP contribution in [-0.2, 0) is 13.1 Å². The van der Waals surface area contributed by atoms with E-state index in [1.54, 1.807) is 32.5 Å². The van der Waals surface area contributed by atoms with Crippen LogP contribution < -0.4 is 15.4 Å². The van der Waals surface area contributed by atoms with Gasteiger partial charge in [0.2, 0.25) is 5.88 Å². The van der Waals surface area contributed by atoms with Crippen molar-refractivity contribution < 1.29 is 9.13 Å². The Hall–Kier alpha value is -2.63. The molecule has 0 aliphatic carbocycles. The van der Waals surface area contributed by atoms with Gasteiger partial charge in [-0.25, -0.2) is 9.37 Å². The SMILES string of the molecule is CN=C(NCc1ccc(F)cc1)NCc1ccc(OC)nc1. The molecule has 1 heterocycles. The summed E-state index contributed by atoms with van der Waals surface area (Å²) in [5, 5.41) is 6.36. The molecule has 0 saturated heterocycles. The maximum atomic E-state index is 12.8. The molecule has 0 unspecified atom stereocenters. The Morgan fingerprint density at radius 2 is 1.73 bits per heavy atom. The lowest BCUT2D eigenvalue weighted by molar-refractivity contribution is 0.397. The van der Waals surface area contributed by atoms with Gasteiger partial charge >= 0.3 is 0 Å². The van der Waals surface area contributed by atoms with Crippen molar-refractivity contribution in [3.05, 3.63) is 59.5 Å². The highest BCUT2D eigenvalue weighted by Gasteiger charge is 2.00. The molecule has 2 aromatic rings. The van der Waals surface area contributed by atoms with Gasteiger partial charge in [0, 0.05) is 32.4 Å². The van der Waals surface area contributed by atoms with E-state index >= 15 is 0 Å². The van der Waals surface area contributed by atoms with E-state index in [0.29, 0.717) is 24.9 Å². The van der Waals surface area contributed by atoms with Crippen molar-refractivity contribution in [2.75, 3.05) is 14.2 Å². The van der Waals surface area contributed by atoms with Gasteiger partial charge in [0.15, 0.2) is 5.96 Å². The van der Waals surface area contributed by atoms with Gasteiger partial charge in [-0.1, -0.05) is 18.2 Å². The van der Waals surface area contributed by atoms with Crippen molar-refractivity contribution in [2.24, 2.45) is 4.99 Å². The lowest BCUT2D eigenvalue weighted by atomic mass is 10.2. The van der Waals surface area contributed by atoms with Crippen molar-refractivity contribution in [1.29, 1.82) is 0 Å². The zero-order valence-electron chi connectivity index (χ0n) is 12.6. The zero-order chi connectivity index (χ0) is 15.8. The van der Waals surface area contributed by atoms with Gasteiger partial charge in [-0.15, -0.1) is 0 Å². The number of benzene rings is 1. The molecule has 116 valence electrons. The van der Waals surface area contributed by atoms with E-state index in [1.807, 2.05) is 12.1 Å². The van der Waals surface area contributed by atoms with E-state index in [9.17, 15) is 4.39 Å². The van der Waals surface area contributed by atoms with Gasteiger partial charge in [0.1, 0.15) is 5.82 Å². The van der Waals surface area contributed by atoms with E-state index in [1.165, 1.54) is 12.1 Å². The van der Waals surface area contributed by atoms with E-state index in [4.69, 9.17) is 4.74 Å². The molecule has 5 nitrogen and oxygen atoms in total. The predicted octanol–water partition coefficient (Wildman–Crippen LogP) is 2.09. The first-order chi connectivity index (χ1) is 10.7. The molecule has 0 radical (unpaired) electrons. The van der Waals surface area contributed by atoms with Crippen LogP contribution >= 0.6 is 0 Å². The first kappa shape index (κ1) is 15.8. The second-order valence-electron chi connectivity index (χ2n) is 4.61. The first-order valence-corrected chi connectivity index (χ1v) is 6.89. The molecular weight excluding hydrogens is 283 g/mol. The van der Waals surface area contributed by atoms with Crippen LogP contribution in [0.3, 0.4) is 0 Å². The Morgan fingerprint density at radius 3 is 2.27 bits per heavy atom. The molecule has 0 atom stereocenters. The second-order valence-corrected chi connectivity index (χ2v) is 4.61. The number of ether oxygens (including phenoxy) is 1. The van der Waals surface area contributed by atoms with E-state index < -0.39 is 0 Å². The number of nitrogens with zero attached hydrogens (tertiary/aromatic N) is 2. The number of pyridine rings is 1. The van der Waals surface area contributed by atoms with Crippen LogP contribution in [0.15, 0.2) is 47.6 Å². The number of methoxy groups -OCH3 is 1. The van der Waals surface area contributed by atoms with Gasteiger partial charge in [0.25, 0.3) is 0 Å². The molecule has 2 N–H and O–H groups in total. The van der Waals surface area contributed by atoms with Gasteiger partial charge in [-0.05, 0) is 23.3 Å². The monoisotopic (exact) mass is 302 g/mol. The number of aliphatic imine (C=N–C) groups is 1. The van der Waals surface area contributed by atoms with Crippen LogP contribution in [0, 0.1) is 5.82 Å². The third-order valence-corrected chi connectivity index (χ3v) is 3.06. The number of guanidine groups is 1. The molecular formula is C16H19FN4O. The van der Waals surface area contributed by atoms with Gasteiger partial charge in [-0.2, -0.15) is 0 Å². The fourth-order valence-electron chi connectivity index (χ4n) is 1.83. The predicted molar refractivity (Wildman–Crippen MR) is 84.2 cm³/mol. The molecule has 6 heteroatoms. The van der Waals surface area contributed by atoms with Crippen molar-refractivity contribution in [1.82, 2.24) is 15.6 Å². The lowest BCUT2D eigenvalue weighted by Gasteiger charge is -2.12. The molecule has 1 aromatic carbocycles. The average Bonchev–Trinajstić information content (AvgIpc) is 2.57. The highest BCUT2D eigenvalue weighted by Crippen LogP contribution is 2.06. The number of hydrogen-bond donors (Lipinski definition) is 2. The van der Waals surface area contributed by atoms with Crippen LogP contribution in [0.4, 0.5) is 4.39 Å². The maximum absolute atomic E-state index is 12.8. The van der Waals surface area contributed by atoms with Gasteiger partial charge in [-0.3, -0.25) is 4.99 Å². The largest absolute Gasteiger partial charge is 0.481 e. The number of rotatable bonds is 5. The molecule has 2 rings (SSSR count). The summed E-state index contributed by atoms with van der Waals surface area (Å²) in [6.07, 6.45) is 1.75. The Bertz CT molecular complexity index is 611. The molecule has 0 saturated carbocycles. The summed E-state index contributed by atoms with van der Waals surface area (Å²) in [6.45, 7) is 1.17. The van der Waals surface area contributed by atoms with E-state index in [0.717, 1.165) is 11.1 Å². The number of nitrogens with one attached hydrogen (secondary N) is 2. The minimum Gasteiger partial charge on any atom is -0.481 e. The topological polar surface area (TPSA) is 58.5 Å². The summed E-state index contributed by atoms with van der Waals surface area (Å²) in [5.74, 6) is 1.01. The van der Waals surface area contributed by atoms with Crippen LogP contribution in [0.1, 0.15) is 11.1 Å². The summed E-state index contributed by atoms with van der Waals surface area (Å²) in [5.41, 5.74) is 2.00. The highest BCUT2D eigenvalue weighted by atomic mass is 19.1. The Kier molecular flexibility index (Phi) is 5.71. The van der Waals surface area contributed by atoms with Crippen LogP contribution in [0.5, 0.6) is 5.88 Å². The molecule has 0 spiro atoms. The molecule has 22 heavy (non-hydrogen) atoms. The standard InChI is InChI=1S/C16H19FN4O/c1-18-16(20-9-12-3-6-14(17)7-4-12)21-11-13-5-8-15(22-2)19-10-13/h3-8,10H,9,11H2,1-2H3,(H2,18,20,21). The Morgan fingerprint density at radius 1 is 1.09 bits per heavy atom. The number of aromatic nitrogens is 1. The van der Waals surface area contributed by atoms with Crippen LogP contribution in [-0.4, -0.2) is 25.1 Å². The zero-order valence-corrected chi connectivity index (χ0v) is 12.6. The van der Waals surface area contributed by atoms with Crippen molar-refractivity contribution in [3.63, 3.8) is 0 Å². The summed E-state index contributed by atoms with van der Waals surface area (Å²) >= 11 is 0. The molecule has 0 amide bonds. The van der Waals surface area contributed by atoms with Crippen molar-refractivity contribution >= 4 is 5.96 Å². The third kappa shape index (κ3) is 4.73. The normalized spacial score (nSPS) is 11.1. The molecule has 0 fully saturated rings. The van der Waals surface area contributed by atoms with Crippen LogP contribution in [0.2, 0.25) is 0 Å². The smallest absolute Gasteiger partial charge is 0.212 e. The van der Waals surface area contributed by atoms with Crippen molar-refractivity contribution in [3.8, 4) is 5.88 Å². The maximum Gasteiger partial charge on any atom is 0.212 e. The quantitative estimate of drug-likeness (QED) is 0.656. The van der Waals surface area contributed by atoms with Crippen LogP contribution in [0.25, 0.3) is 0 Å². The van der Waals surface area contributed by atoms with Gasteiger partial charge < -0.3 is 15.4 Å². The number of halogens is 1. The lowest BCUT2D eigenvalue weighted by Crippen LogP contribution is -2.36. The summed E-state index contributed by atoms with van der Waals surface area (Å²) in [7, 11) is 3.29. The van der Waals surface area contributed by atoms with Crippen molar-refractivity contribution in [2.45, 2.75) is 13.1 Å². The molecule has 1 aromatic heterocycles. The third-order valence-electron chi connectivity index (χ3n) is 3.06. The minimum atomic E-state index is -0.238. The fourth-order valence-corrected chi connectivity index (χ4v) is 1.83.